The van der Waals surface area contributed by atoms with E-state index in [-0.39, 0.29) is 11.3 Å². The molecule has 1 aliphatic heterocycles. The number of hydrogen-bond donors (Lipinski definition) is 1. The topological polar surface area (TPSA) is 47.6 Å². The molecule has 1 amide bonds. The molecule has 26 heavy (non-hydrogen) atoms. The second-order valence-corrected chi connectivity index (χ2v) is 7.34. The van der Waals surface area contributed by atoms with Gasteiger partial charge in [0, 0.05) is 18.2 Å². The fraction of sp³-hybridized carbons (Fsp3) is 0.409. The Labute approximate surface area is 155 Å². The zero-order valence-corrected chi connectivity index (χ0v) is 15.8. The minimum absolute atomic E-state index is 0.000331. The first-order chi connectivity index (χ1) is 12.5. The van der Waals surface area contributed by atoms with E-state index in [1.807, 2.05) is 18.2 Å². The third-order valence-electron chi connectivity index (χ3n) is 5.09. The molecule has 0 radical (unpaired) electrons. The largest absolute Gasteiger partial charge is 0.486 e. The highest BCUT2D eigenvalue weighted by atomic mass is 16.6. The highest BCUT2D eigenvalue weighted by Crippen LogP contribution is 2.32. The Morgan fingerprint density at radius 1 is 1.04 bits per heavy atom. The highest BCUT2D eigenvalue weighted by molar-refractivity contribution is 5.91. The van der Waals surface area contributed by atoms with Crippen molar-refractivity contribution < 1.29 is 14.3 Å². The van der Waals surface area contributed by atoms with Crippen LogP contribution in [0.25, 0.3) is 0 Å². The summed E-state index contributed by atoms with van der Waals surface area (Å²) < 4.78 is 11.0. The Kier molecular flexibility index (Phi) is 5.50. The summed E-state index contributed by atoms with van der Waals surface area (Å²) in [5.74, 6) is 1.41. The van der Waals surface area contributed by atoms with Crippen molar-refractivity contribution in [3.8, 4) is 11.5 Å². The average molecular weight is 353 g/mol. The number of anilines is 1. The van der Waals surface area contributed by atoms with Crippen LogP contribution in [0.5, 0.6) is 11.5 Å². The number of nitrogens with one attached hydrogen (secondary N) is 1. The van der Waals surface area contributed by atoms with Crippen LogP contribution < -0.4 is 14.8 Å². The molecule has 1 heterocycles. The predicted octanol–water partition coefficient (Wildman–Crippen LogP) is 4.72. The standard InChI is InChI=1S/C22H27NO3/c1-4-22(2,3)17-8-5-16(6-9-17)7-12-21(24)23-18-10-11-19-20(15-18)26-14-13-25-19/h5-6,8-11,15H,4,7,12-14H2,1-3H3,(H,23,24). The molecule has 0 saturated carbocycles. The minimum atomic E-state index is -0.000331. The van der Waals surface area contributed by atoms with Crippen molar-refractivity contribution in [3.63, 3.8) is 0 Å². The van der Waals surface area contributed by atoms with Crippen molar-refractivity contribution in [1.29, 1.82) is 0 Å². The van der Waals surface area contributed by atoms with Gasteiger partial charge in [-0.05, 0) is 41.5 Å². The Morgan fingerprint density at radius 2 is 1.73 bits per heavy atom. The van der Waals surface area contributed by atoms with Gasteiger partial charge in [-0.2, -0.15) is 0 Å². The van der Waals surface area contributed by atoms with E-state index in [1.165, 1.54) is 11.1 Å². The molecule has 0 aromatic heterocycles. The van der Waals surface area contributed by atoms with E-state index in [9.17, 15) is 4.79 Å². The monoisotopic (exact) mass is 353 g/mol. The molecule has 2 aromatic rings. The maximum Gasteiger partial charge on any atom is 0.224 e. The highest BCUT2D eigenvalue weighted by Gasteiger charge is 2.17. The van der Waals surface area contributed by atoms with Gasteiger partial charge >= 0.3 is 0 Å². The first-order valence-corrected chi connectivity index (χ1v) is 9.27. The Balaban J connectivity index is 1.54. The van der Waals surface area contributed by atoms with E-state index in [2.05, 4.69) is 50.4 Å². The number of benzene rings is 2. The number of rotatable bonds is 6. The smallest absolute Gasteiger partial charge is 0.224 e. The molecule has 0 atom stereocenters. The third-order valence-corrected chi connectivity index (χ3v) is 5.09. The quantitative estimate of drug-likeness (QED) is 0.818. The molecule has 3 rings (SSSR count). The van der Waals surface area contributed by atoms with Crippen molar-refractivity contribution in [1.82, 2.24) is 0 Å². The first kappa shape index (κ1) is 18.3. The number of fused-ring (bicyclic) bond motifs is 1. The van der Waals surface area contributed by atoms with Crippen LogP contribution in [0.1, 0.15) is 44.7 Å². The zero-order valence-electron chi connectivity index (χ0n) is 15.8. The summed E-state index contributed by atoms with van der Waals surface area (Å²) in [6, 6.07) is 14.1. The first-order valence-electron chi connectivity index (χ1n) is 9.27. The normalized spacial score (nSPS) is 13.3. The van der Waals surface area contributed by atoms with Gasteiger partial charge in [-0.15, -0.1) is 0 Å². The van der Waals surface area contributed by atoms with Crippen molar-refractivity contribution in [2.24, 2.45) is 0 Å². The number of aryl methyl sites for hydroxylation is 1. The molecule has 0 bridgehead atoms. The fourth-order valence-corrected chi connectivity index (χ4v) is 2.93. The summed E-state index contributed by atoms with van der Waals surface area (Å²) in [7, 11) is 0. The maximum absolute atomic E-state index is 12.2. The van der Waals surface area contributed by atoms with Crippen LogP contribution >= 0.6 is 0 Å². The second-order valence-electron chi connectivity index (χ2n) is 7.34. The van der Waals surface area contributed by atoms with Crippen molar-refractivity contribution in [3.05, 3.63) is 53.6 Å². The minimum Gasteiger partial charge on any atom is -0.486 e. The molecular formula is C22H27NO3. The molecule has 2 aromatic carbocycles. The van der Waals surface area contributed by atoms with E-state index in [4.69, 9.17) is 9.47 Å². The maximum atomic E-state index is 12.2. The van der Waals surface area contributed by atoms with Crippen molar-refractivity contribution in [2.45, 2.75) is 45.4 Å². The summed E-state index contributed by atoms with van der Waals surface area (Å²) in [6.45, 7) is 7.81. The van der Waals surface area contributed by atoms with Gasteiger partial charge in [-0.25, -0.2) is 0 Å². The van der Waals surface area contributed by atoms with Crippen molar-refractivity contribution >= 4 is 11.6 Å². The van der Waals surface area contributed by atoms with E-state index >= 15 is 0 Å². The summed E-state index contributed by atoms with van der Waals surface area (Å²) >= 11 is 0. The van der Waals surface area contributed by atoms with Gasteiger partial charge < -0.3 is 14.8 Å². The second kappa shape index (κ2) is 7.81. The third kappa shape index (κ3) is 4.37. The Hall–Kier alpha value is -2.49. The summed E-state index contributed by atoms with van der Waals surface area (Å²) in [5, 5.41) is 2.93. The molecule has 0 unspecified atom stereocenters. The average Bonchev–Trinajstić information content (AvgIpc) is 2.66. The summed E-state index contributed by atoms with van der Waals surface area (Å²) in [4.78, 5) is 12.2. The fourth-order valence-electron chi connectivity index (χ4n) is 2.93. The zero-order chi connectivity index (χ0) is 18.6. The Morgan fingerprint density at radius 3 is 2.42 bits per heavy atom. The van der Waals surface area contributed by atoms with Crippen LogP contribution in [0.3, 0.4) is 0 Å². The van der Waals surface area contributed by atoms with E-state index in [0.29, 0.717) is 25.4 Å². The lowest BCUT2D eigenvalue weighted by atomic mass is 9.82. The van der Waals surface area contributed by atoms with E-state index < -0.39 is 0 Å². The van der Waals surface area contributed by atoms with Crippen LogP contribution in [0, 0.1) is 0 Å². The number of carbonyl (C=O) groups excluding carboxylic acids is 1. The molecular weight excluding hydrogens is 326 g/mol. The lowest BCUT2D eigenvalue weighted by Crippen LogP contribution is -2.16. The predicted molar refractivity (Wildman–Crippen MR) is 104 cm³/mol. The van der Waals surface area contributed by atoms with E-state index in [0.717, 1.165) is 24.3 Å². The van der Waals surface area contributed by atoms with Gasteiger partial charge in [-0.3, -0.25) is 4.79 Å². The van der Waals surface area contributed by atoms with E-state index in [1.54, 1.807) is 0 Å². The molecule has 0 aliphatic carbocycles. The van der Waals surface area contributed by atoms with Gasteiger partial charge in [0.15, 0.2) is 11.5 Å². The molecule has 4 nitrogen and oxygen atoms in total. The van der Waals surface area contributed by atoms with Crippen LogP contribution in [-0.4, -0.2) is 19.1 Å². The van der Waals surface area contributed by atoms with Gasteiger partial charge in [0.25, 0.3) is 0 Å². The number of ether oxygens (including phenoxy) is 2. The van der Waals surface area contributed by atoms with Crippen LogP contribution in [0.2, 0.25) is 0 Å². The molecule has 0 fully saturated rings. The van der Waals surface area contributed by atoms with Crippen LogP contribution in [0.15, 0.2) is 42.5 Å². The molecule has 0 saturated heterocycles. The summed E-state index contributed by atoms with van der Waals surface area (Å²) in [6.07, 6.45) is 2.28. The molecule has 138 valence electrons. The number of amides is 1. The molecule has 0 spiro atoms. The number of hydrogen-bond acceptors (Lipinski definition) is 3. The van der Waals surface area contributed by atoms with Gasteiger partial charge in [0.1, 0.15) is 13.2 Å². The number of carbonyl (C=O) groups is 1. The molecule has 4 heteroatoms. The lowest BCUT2D eigenvalue weighted by Gasteiger charge is -2.23. The SMILES string of the molecule is CCC(C)(C)c1ccc(CCC(=O)Nc2ccc3c(c2)OCCO3)cc1. The van der Waals surface area contributed by atoms with Crippen LogP contribution in [0.4, 0.5) is 5.69 Å². The molecule has 1 N–H and O–H groups in total. The lowest BCUT2D eigenvalue weighted by molar-refractivity contribution is -0.116. The van der Waals surface area contributed by atoms with Crippen LogP contribution in [-0.2, 0) is 16.6 Å². The summed E-state index contributed by atoms with van der Waals surface area (Å²) in [5.41, 5.74) is 3.44. The Bertz CT molecular complexity index is 765. The van der Waals surface area contributed by atoms with Gasteiger partial charge in [-0.1, -0.05) is 45.0 Å². The van der Waals surface area contributed by atoms with Crippen molar-refractivity contribution in [2.75, 3.05) is 18.5 Å². The van der Waals surface area contributed by atoms with Gasteiger partial charge in [0.05, 0.1) is 0 Å². The van der Waals surface area contributed by atoms with Gasteiger partial charge in [0.2, 0.25) is 5.91 Å². The molecule has 1 aliphatic rings.